The zero-order valence-corrected chi connectivity index (χ0v) is 11.9. The number of hydrogen-bond acceptors (Lipinski definition) is 3. The quantitative estimate of drug-likeness (QED) is 0.676. The Morgan fingerprint density at radius 2 is 2.09 bits per heavy atom. The Labute approximate surface area is 130 Å². The molecule has 0 saturated carbocycles. The first kappa shape index (κ1) is 15.3. The fourth-order valence-electron chi connectivity index (χ4n) is 2.31. The summed E-state index contributed by atoms with van der Waals surface area (Å²) < 4.78 is 38.8. The number of rotatable bonds is 5. The molecule has 0 saturated heterocycles. The molecule has 0 aliphatic heterocycles. The van der Waals surface area contributed by atoms with E-state index in [1.54, 1.807) is 12.3 Å². The number of alkyl halides is 3. The molecule has 0 fully saturated rings. The highest BCUT2D eigenvalue weighted by molar-refractivity contribution is 5.31. The van der Waals surface area contributed by atoms with Crippen LogP contribution in [0.15, 0.2) is 49.1 Å². The Morgan fingerprint density at radius 1 is 1.22 bits per heavy atom. The summed E-state index contributed by atoms with van der Waals surface area (Å²) in [4.78, 5) is 7.00. The van der Waals surface area contributed by atoms with Crippen molar-refractivity contribution < 1.29 is 13.2 Å². The first-order valence-corrected chi connectivity index (χ1v) is 6.91. The summed E-state index contributed by atoms with van der Waals surface area (Å²) in [7, 11) is 0. The van der Waals surface area contributed by atoms with Gasteiger partial charge >= 0.3 is 6.18 Å². The first-order valence-electron chi connectivity index (χ1n) is 6.91. The standard InChI is InChI=1S/C15H14F3N5/c16-15(17,18)12-3-1-2-11(6-12)13(14-21-9-22-23-14)20-8-10-4-5-19-7-10/h1-7,9,13,19-20H,8H2,(H,21,22,23)/t13-/m0/s1. The van der Waals surface area contributed by atoms with E-state index < -0.39 is 17.8 Å². The van der Waals surface area contributed by atoms with E-state index in [2.05, 4.69) is 25.5 Å². The number of nitrogens with zero attached hydrogens (tertiary/aromatic N) is 2. The smallest absolute Gasteiger partial charge is 0.367 e. The maximum atomic E-state index is 12.9. The van der Waals surface area contributed by atoms with Gasteiger partial charge in [-0.15, -0.1) is 0 Å². The molecule has 2 heterocycles. The lowest BCUT2D eigenvalue weighted by atomic mass is 10.0. The molecule has 23 heavy (non-hydrogen) atoms. The van der Waals surface area contributed by atoms with Crippen molar-refractivity contribution in [1.29, 1.82) is 0 Å². The summed E-state index contributed by atoms with van der Waals surface area (Å²) in [5.74, 6) is 0.458. The first-order chi connectivity index (χ1) is 11.0. The summed E-state index contributed by atoms with van der Waals surface area (Å²) in [5, 5.41) is 9.69. The number of aromatic amines is 2. The van der Waals surface area contributed by atoms with E-state index >= 15 is 0 Å². The number of nitrogens with one attached hydrogen (secondary N) is 3. The van der Waals surface area contributed by atoms with Crippen LogP contribution in [-0.2, 0) is 12.7 Å². The maximum Gasteiger partial charge on any atom is 0.416 e. The van der Waals surface area contributed by atoms with Crippen LogP contribution in [0, 0.1) is 0 Å². The van der Waals surface area contributed by atoms with Crippen LogP contribution in [0.25, 0.3) is 0 Å². The van der Waals surface area contributed by atoms with Crippen LogP contribution >= 0.6 is 0 Å². The molecular formula is C15H14F3N5. The van der Waals surface area contributed by atoms with Gasteiger partial charge < -0.3 is 4.98 Å². The van der Waals surface area contributed by atoms with Gasteiger partial charge in [-0.2, -0.15) is 18.3 Å². The van der Waals surface area contributed by atoms with Crippen molar-refractivity contribution in [2.24, 2.45) is 0 Å². The van der Waals surface area contributed by atoms with Crippen molar-refractivity contribution in [3.05, 3.63) is 71.6 Å². The van der Waals surface area contributed by atoms with E-state index in [4.69, 9.17) is 0 Å². The molecular weight excluding hydrogens is 307 g/mol. The zero-order chi connectivity index (χ0) is 16.3. The predicted octanol–water partition coefficient (Wildman–Crippen LogP) is 3.03. The van der Waals surface area contributed by atoms with Crippen LogP contribution < -0.4 is 5.32 Å². The molecule has 8 heteroatoms. The van der Waals surface area contributed by atoms with E-state index in [0.717, 1.165) is 17.7 Å². The number of aromatic nitrogens is 4. The largest absolute Gasteiger partial charge is 0.416 e. The fraction of sp³-hybridized carbons (Fsp3) is 0.200. The Bertz CT molecular complexity index is 735. The van der Waals surface area contributed by atoms with Gasteiger partial charge in [0, 0.05) is 18.9 Å². The second kappa shape index (κ2) is 6.25. The van der Waals surface area contributed by atoms with E-state index in [1.165, 1.54) is 12.4 Å². The van der Waals surface area contributed by atoms with Gasteiger partial charge in [0.2, 0.25) is 0 Å². The van der Waals surface area contributed by atoms with Crippen LogP contribution in [-0.4, -0.2) is 20.2 Å². The fourth-order valence-corrected chi connectivity index (χ4v) is 2.31. The second-order valence-electron chi connectivity index (χ2n) is 5.03. The van der Waals surface area contributed by atoms with E-state index in [9.17, 15) is 13.2 Å². The molecule has 5 nitrogen and oxygen atoms in total. The predicted molar refractivity (Wildman–Crippen MR) is 77.3 cm³/mol. The Morgan fingerprint density at radius 3 is 2.74 bits per heavy atom. The highest BCUT2D eigenvalue weighted by atomic mass is 19.4. The molecule has 2 aromatic heterocycles. The Kier molecular flexibility index (Phi) is 4.16. The van der Waals surface area contributed by atoms with Crippen molar-refractivity contribution >= 4 is 0 Å². The van der Waals surface area contributed by atoms with E-state index in [0.29, 0.717) is 17.9 Å². The molecule has 3 rings (SSSR count). The van der Waals surface area contributed by atoms with E-state index in [-0.39, 0.29) is 0 Å². The monoisotopic (exact) mass is 321 g/mol. The average molecular weight is 321 g/mol. The van der Waals surface area contributed by atoms with Gasteiger partial charge in [-0.05, 0) is 29.3 Å². The normalized spacial score (nSPS) is 13.2. The van der Waals surface area contributed by atoms with Crippen LogP contribution in [0.2, 0.25) is 0 Å². The van der Waals surface area contributed by atoms with Crippen molar-refractivity contribution in [3.63, 3.8) is 0 Å². The minimum atomic E-state index is -4.39. The number of hydrogen-bond donors (Lipinski definition) is 3. The minimum absolute atomic E-state index is 0.458. The van der Waals surface area contributed by atoms with Crippen LogP contribution in [0.5, 0.6) is 0 Å². The van der Waals surface area contributed by atoms with Gasteiger partial charge in [-0.25, -0.2) is 4.98 Å². The van der Waals surface area contributed by atoms with E-state index in [1.807, 2.05) is 12.3 Å². The van der Waals surface area contributed by atoms with Gasteiger partial charge in [0.15, 0.2) is 0 Å². The highest BCUT2D eigenvalue weighted by Crippen LogP contribution is 2.31. The molecule has 3 N–H and O–H groups in total. The SMILES string of the molecule is FC(F)(F)c1cccc([C@H](NCc2cc[nH]c2)c2ncn[nH]2)c1. The van der Waals surface area contributed by atoms with Gasteiger partial charge in [0.25, 0.3) is 0 Å². The topological polar surface area (TPSA) is 69.4 Å². The summed E-state index contributed by atoms with van der Waals surface area (Å²) in [6, 6.07) is 6.56. The van der Waals surface area contributed by atoms with Gasteiger partial charge in [-0.1, -0.05) is 12.1 Å². The highest BCUT2D eigenvalue weighted by Gasteiger charge is 2.31. The lowest BCUT2D eigenvalue weighted by Gasteiger charge is -2.18. The van der Waals surface area contributed by atoms with Crippen LogP contribution in [0.4, 0.5) is 13.2 Å². The molecule has 0 unspecified atom stereocenters. The van der Waals surface area contributed by atoms with Crippen LogP contribution in [0.3, 0.4) is 0 Å². The molecule has 0 bridgehead atoms. The number of benzene rings is 1. The molecule has 1 atom stereocenters. The molecule has 0 spiro atoms. The molecule has 0 amide bonds. The summed E-state index contributed by atoms with van der Waals surface area (Å²) >= 11 is 0. The van der Waals surface area contributed by atoms with Gasteiger partial charge in [0.05, 0.1) is 11.6 Å². The number of H-pyrrole nitrogens is 2. The van der Waals surface area contributed by atoms with Crippen molar-refractivity contribution in [3.8, 4) is 0 Å². The number of halogens is 3. The lowest BCUT2D eigenvalue weighted by molar-refractivity contribution is -0.137. The molecule has 0 aliphatic carbocycles. The average Bonchev–Trinajstić information content (AvgIpc) is 3.20. The lowest BCUT2D eigenvalue weighted by Crippen LogP contribution is -2.23. The minimum Gasteiger partial charge on any atom is -0.367 e. The van der Waals surface area contributed by atoms with Gasteiger partial charge in [-0.3, -0.25) is 10.4 Å². The van der Waals surface area contributed by atoms with Gasteiger partial charge in [0.1, 0.15) is 12.2 Å². The molecule has 120 valence electrons. The Balaban J connectivity index is 1.89. The third-order valence-corrected chi connectivity index (χ3v) is 3.43. The second-order valence-corrected chi connectivity index (χ2v) is 5.03. The maximum absolute atomic E-state index is 12.9. The molecule has 3 aromatic rings. The zero-order valence-electron chi connectivity index (χ0n) is 11.9. The summed E-state index contributed by atoms with van der Waals surface area (Å²) in [5.41, 5.74) is 0.761. The van der Waals surface area contributed by atoms with Crippen molar-refractivity contribution in [2.45, 2.75) is 18.8 Å². The molecule has 0 aliphatic rings. The molecule has 1 aromatic carbocycles. The third-order valence-electron chi connectivity index (χ3n) is 3.43. The Hall–Kier alpha value is -2.61. The molecule has 0 radical (unpaired) electrons. The van der Waals surface area contributed by atoms with Crippen molar-refractivity contribution in [2.75, 3.05) is 0 Å². The van der Waals surface area contributed by atoms with Crippen LogP contribution in [0.1, 0.15) is 28.6 Å². The third kappa shape index (κ3) is 3.59. The summed E-state index contributed by atoms with van der Waals surface area (Å²) in [6.07, 6.45) is 0.540. The van der Waals surface area contributed by atoms with Crippen molar-refractivity contribution in [1.82, 2.24) is 25.5 Å². The summed E-state index contributed by atoms with van der Waals surface area (Å²) in [6.45, 7) is 0.477.